The van der Waals surface area contributed by atoms with Crippen LogP contribution < -0.4 is 0 Å². The Kier molecular flexibility index (Phi) is 5.63. The molecule has 0 aromatic heterocycles. The molecule has 1 unspecified atom stereocenters. The largest absolute Gasteiger partial charge is 0.390 e. The molecule has 1 fully saturated rings. The Balaban J connectivity index is 1.47. The van der Waals surface area contributed by atoms with Gasteiger partial charge in [-0.2, -0.15) is 0 Å². The number of hydrogen-bond donors (Lipinski definition) is 1. The van der Waals surface area contributed by atoms with Gasteiger partial charge in [-0.1, -0.05) is 29.4 Å². The quantitative estimate of drug-likeness (QED) is 0.808. The van der Waals surface area contributed by atoms with Crippen molar-refractivity contribution in [3.8, 4) is 0 Å². The van der Waals surface area contributed by atoms with Gasteiger partial charge in [0.2, 0.25) is 0 Å². The van der Waals surface area contributed by atoms with Crippen LogP contribution in [0.2, 0.25) is 0 Å². The number of nitrogens with one attached hydrogen (secondary N) is 1. The fraction of sp³-hybridized carbons (Fsp3) is 0.550. The molecule has 2 aliphatic rings. The van der Waals surface area contributed by atoms with Crippen molar-refractivity contribution in [3.05, 3.63) is 35.4 Å². The number of oxime groups is 1. The van der Waals surface area contributed by atoms with E-state index in [0.29, 0.717) is 17.4 Å². The van der Waals surface area contributed by atoms with Crippen molar-refractivity contribution in [2.24, 2.45) is 11.1 Å². The molecule has 0 radical (unpaired) electrons. The van der Waals surface area contributed by atoms with Crippen LogP contribution >= 0.6 is 0 Å². The van der Waals surface area contributed by atoms with Crippen molar-refractivity contribution in [3.63, 3.8) is 0 Å². The predicted molar refractivity (Wildman–Crippen MR) is 99.4 cm³/mol. The highest BCUT2D eigenvalue weighted by Gasteiger charge is 2.27. The van der Waals surface area contributed by atoms with Gasteiger partial charge >= 0.3 is 0 Å². The average Bonchev–Trinajstić information content (AvgIpc) is 3.05. The molecule has 1 aromatic rings. The number of rotatable bonds is 6. The minimum Gasteiger partial charge on any atom is -0.390 e. The number of nitrogens with zero attached hydrogens (tertiary/aromatic N) is 2. The van der Waals surface area contributed by atoms with Gasteiger partial charge < -0.3 is 15.0 Å². The van der Waals surface area contributed by atoms with Crippen molar-refractivity contribution in [2.45, 2.75) is 45.6 Å². The van der Waals surface area contributed by atoms with Crippen molar-refractivity contribution >= 4 is 17.2 Å². The summed E-state index contributed by atoms with van der Waals surface area (Å²) < 4.78 is 0. The standard InChI is InChI=1S/C20H27N3O2/c1-14(24)11-16-7-9-23(10-8-16)13-19-12-20(22-25-19)18-5-3-17(4-6-18)15(2)21/h3-6,16,19,21H,7-13H2,1-2H3. The smallest absolute Gasteiger partial charge is 0.145 e. The maximum absolute atomic E-state index is 11.2. The van der Waals surface area contributed by atoms with Crippen LogP contribution in [-0.2, 0) is 9.63 Å². The van der Waals surface area contributed by atoms with Crippen LogP contribution in [-0.4, -0.2) is 47.8 Å². The zero-order valence-corrected chi connectivity index (χ0v) is 15.1. The first kappa shape index (κ1) is 17.8. The van der Waals surface area contributed by atoms with E-state index in [2.05, 4.69) is 10.1 Å². The van der Waals surface area contributed by atoms with Crippen LogP contribution in [0.15, 0.2) is 29.4 Å². The van der Waals surface area contributed by atoms with E-state index in [0.717, 1.165) is 62.2 Å². The summed E-state index contributed by atoms with van der Waals surface area (Å²) in [6.45, 7) is 6.47. The second-order valence-corrected chi connectivity index (χ2v) is 7.32. The van der Waals surface area contributed by atoms with Gasteiger partial charge in [0.15, 0.2) is 0 Å². The second-order valence-electron chi connectivity index (χ2n) is 7.32. The summed E-state index contributed by atoms with van der Waals surface area (Å²) in [4.78, 5) is 19.3. The number of Topliss-reactive ketones (excluding diaryl/α,β-unsaturated/α-hetero) is 1. The lowest BCUT2D eigenvalue weighted by Gasteiger charge is -2.32. The van der Waals surface area contributed by atoms with Gasteiger partial charge in [0.25, 0.3) is 0 Å². The van der Waals surface area contributed by atoms with E-state index in [-0.39, 0.29) is 6.10 Å². The van der Waals surface area contributed by atoms with E-state index in [1.54, 1.807) is 13.8 Å². The Hall–Kier alpha value is -2.01. The molecule has 5 heteroatoms. The summed E-state index contributed by atoms with van der Waals surface area (Å²) >= 11 is 0. The zero-order chi connectivity index (χ0) is 17.8. The topological polar surface area (TPSA) is 65.8 Å². The number of benzene rings is 1. The van der Waals surface area contributed by atoms with Gasteiger partial charge in [-0.05, 0) is 56.8 Å². The van der Waals surface area contributed by atoms with E-state index in [9.17, 15) is 4.79 Å². The average molecular weight is 341 g/mol. The van der Waals surface area contributed by atoms with Crippen molar-refractivity contribution < 1.29 is 9.63 Å². The number of likely N-dealkylation sites (tertiary alicyclic amines) is 1. The lowest BCUT2D eigenvalue weighted by atomic mass is 9.92. The lowest BCUT2D eigenvalue weighted by molar-refractivity contribution is -0.118. The molecule has 0 spiro atoms. The summed E-state index contributed by atoms with van der Waals surface area (Å²) in [5.41, 5.74) is 3.58. The van der Waals surface area contributed by atoms with E-state index < -0.39 is 0 Å². The van der Waals surface area contributed by atoms with Gasteiger partial charge in [0.05, 0.1) is 5.71 Å². The van der Waals surface area contributed by atoms with Crippen LogP contribution in [0.5, 0.6) is 0 Å². The van der Waals surface area contributed by atoms with Gasteiger partial charge in [-0.3, -0.25) is 4.90 Å². The number of hydrogen-bond acceptors (Lipinski definition) is 5. The molecule has 0 bridgehead atoms. The van der Waals surface area contributed by atoms with Crippen LogP contribution in [0.25, 0.3) is 0 Å². The first-order valence-electron chi connectivity index (χ1n) is 9.11. The third kappa shape index (κ3) is 4.75. The van der Waals surface area contributed by atoms with Crippen molar-refractivity contribution in [1.29, 1.82) is 5.41 Å². The van der Waals surface area contributed by atoms with Crippen LogP contribution in [0.4, 0.5) is 0 Å². The van der Waals surface area contributed by atoms with Gasteiger partial charge in [0.1, 0.15) is 11.9 Å². The number of ketones is 1. The third-order valence-corrected chi connectivity index (χ3v) is 5.13. The molecule has 134 valence electrons. The maximum Gasteiger partial charge on any atom is 0.145 e. The molecular weight excluding hydrogens is 314 g/mol. The van der Waals surface area contributed by atoms with Gasteiger partial charge in [-0.25, -0.2) is 0 Å². The van der Waals surface area contributed by atoms with Crippen molar-refractivity contribution in [1.82, 2.24) is 4.90 Å². The SMILES string of the molecule is CC(=N)c1ccc(C2=NOC(CN3CCC(CC(C)=O)CC3)C2)cc1. The number of carbonyl (C=O) groups is 1. The molecule has 0 amide bonds. The first-order valence-corrected chi connectivity index (χ1v) is 9.11. The highest BCUT2D eigenvalue weighted by Crippen LogP contribution is 2.23. The van der Waals surface area contributed by atoms with E-state index in [4.69, 9.17) is 10.2 Å². The summed E-state index contributed by atoms with van der Waals surface area (Å²) in [7, 11) is 0. The Morgan fingerprint density at radius 1 is 1.24 bits per heavy atom. The summed E-state index contributed by atoms with van der Waals surface area (Å²) in [5, 5.41) is 11.9. The molecule has 2 heterocycles. The first-order chi connectivity index (χ1) is 12.0. The highest BCUT2D eigenvalue weighted by molar-refractivity contribution is 6.02. The van der Waals surface area contributed by atoms with Crippen molar-refractivity contribution in [2.75, 3.05) is 19.6 Å². The fourth-order valence-electron chi connectivity index (χ4n) is 3.68. The number of carbonyl (C=O) groups excluding carboxylic acids is 1. The monoisotopic (exact) mass is 341 g/mol. The van der Waals surface area contributed by atoms with E-state index in [1.165, 1.54) is 0 Å². The van der Waals surface area contributed by atoms with Crippen LogP contribution in [0.3, 0.4) is 0 Å². The van der Waals surface area contributed by atoms with Gasteiger partial charge in [0, 0.05) is 25.1 Å². The zero-order valence-electron chi connectivity index (χ0n) is 15.1. The molecule has 1 aromatic carbocycles. The molecule has 5 nitrogen and oxygen atoms in total. The second kappa shape index (κ2) is 7.91. The highest BCUT2D eigenvalue weighted by atomic mass is 16.6. The molecule has 0 aliphatic carbocycles. The van der Waals surface area contributed by atoms with E-state index >= 15 is 0 Å². The molecule has 25 heavy (non-hydrogen) atoms. The lowest BCUT2D eigenvalue weighted by Crippen LogP contribution is -2.39. The van der Waals surface area contributed by atoms with Crippen LogP contribution in [0, 0.1) is 11.3 Å². The van der Waals surface area contributed by atoms with Crippen LogP contribution in [0.1, 0.15) is 50.7 Å². The number of piperidine rings is 1. The summed E-state index contributed by atoms with van der Waals surface area (Å²) in [6.07, 6.45) is 3.88. The van der Waals surface area contributed by atoms with Gasteiger partial charge in [-0.15, -0.1) is 0 Å². The minimum atomic E-state index is 0.114. The molecule has 3 rings (SSSR count). The molecule has 1 N–H and O–H groups in total. The fourth-order valence-corrected chi connectivity index (χ4v) is 3.68. The Morgan fingerprint density at radius 3 is 2.52 bits per heavy atom. The third-order valence-electron chi connectivity index (χ3n) is 5.13. The molecule has 0 saturated carbocycles. The molecule has 1 atom stereocenters. The Bertz CT molecular complexity index is 658. The Labute approximate surface area is 149 Å². The molecule has 2 aliphatic heterocycles. The summed E-state index contributed by atoms with van der Waals surface area (Å²) in [6, 6.07) is 7.97. The van der Waals surface area contributed by atoms with E-state index in [1.807, 2.05) is 24.3 Å². The maximum atomic E-state index is 11.2. The minimum absolute atomic E-state index is 0.114. The Morgan fingerprint density at radius 2 is 1.92 bits per heavy atom. The molecular formula is C20H27N3O2. The predicted octanol–water partition coefficient (Wildman–Crippen LogP) is 3.26. The molecule has 1 saturated heterocycles. The summed E-state index contributed by atoms with van der Waals surface area (Å²) in [5.74, 6) is 0.862. The normalized spacial score (nSPS) is 21.7.